The number of hydrogen-bond donors (Lipinski definition) is 2. The molecule has 0 saturated carbocycles. The van der Waals surface area contributed by atoms with Gasteiger partial charge < -0.3 is 15.4 Å². The van der Waals surface area contributed by atoms with Crippen molar-refractivity contribution in [1.29, 1.82) is 0 Å². The third kappa shape index (κ3) is 5.13. The second-order valence-electron chi connectivity index (χ2n) is 7.53. The van der Waals surface area contributed by atoms with Gasteiger partial charge in [-0.15, -0.1) is 0 Å². The number of rotatable bonds is 6. The van der Waals surface area contributed by atoms with Crippen LogP contribution in [-0.4, -0.2) is 38.8 Å². The Morgan fingerprint density at radius 1 is 1.23 bits per heavy atom. The van der Waals surface area contributed by atoms with Crippen molar-refractivity contribution in [3.63, 3.8) is 0 Å². The van der Waals surface area contributed by atoms with Crippen molar-refractivity contribution in [3.05, 3.63) is 33.8 Å². The lowest BCUT2D eigenvalue weighted by Crippen LogP contribution is -2.44. The van der Waals surface area contributed by atoms with Crippen molar-refractivity contribution < 1.29 is 9.53 Å². The zero-order valence-corrected chi connectivity index (χ0v) is 16.7. The first-order valence-electron chi connectivity index (χ1n) is 9.60. The summed E-state index contributed by atoms with van der Waals surface area (Å²) in [6, 6.07) is 5.66. The quantitative estimate of drug-likeness (QED) is 0.762. The maximum absolute atomic E-state index is 12.4. The molecule has 0 bridgehead atoms. The van der Waals surface area contributed by atoms with Gasteiger partial charge >= 0.3 is 0 Å². The standard InChI is InChI=1S/C20H28Cl2N2O2/c21-16-2-3-17(18(22)13-16)20(7-11-26-12-8-20)14-24-19(25)4-1-15-5-9-23-10-6-15/h2-3,13,15,23H,1,4-12,14H2,(H,24,25). The van der Waals surface area contributed by atoms with E-state index in [1.165, 1.54) is 12.8 Å². The summed E-state index contributed by atoms with van der Waals surface area (Å²) in [6.45, 7) is 4.12. The Hall–Kier alpha value is -0.810. The second-order valence-corrected chi connectivity index (χ2v) is 8.37. The van der Waals surface area contributed by atoms with E-state index in [4.69, 9.17) is 27.9 Å². The second kappa shape index (κ2) is 9.41. The Bertz CT molecular complexity index is 612. The highest BCUT2D eigenvalue weighted by Gasteiger charge is 2.36. The smallest absolute Gasteiger partial charge is 0.220 e. The Balaban J connectivity index is 1.60. The van der Waals surface area contributed by atoms with Gasteiger partial charge in [0.15, 0.2) is 0 Å². The largest absolute Gasteiger partial charge is 0.381 e. The third-order valence-corrected chi connectivity index (χ3v) is 6.36. The summed E-state index contributed by atoms with van der Waals surface area (Å²) in [5.74, 6) is 0.809. The number of carbonyl (C=O) groups is 1. The van der Waals surface area contributed by atoms with Gasteiger partial charge in [0.1, 0.15) is 0 Å². The molecule has 2 fully saturated rings. The lowest BCUT2D eigenvalue weighted by molar-refractivity contribution is -0.122. The van der Waals surface area contributed by atoms with Gasteiger partial charge in [-0.05, 0) is 68.8 Å². The minimum absolute atomic E-state index is 0.138. The van der Waals surface area contributed by atoms with Gasteiger partial charge in [-0.1, -0.05) is 29.3 Å². The number of halogens is 2. The van der Waals surface area contributed by atoms with Crippen LogP contribution in [-0.2, 0) is 14.9 Å². The van der Waals surface area contributed by atoms with Crippen molar-refractivity contribution in [2.75, 3.05) is 32.8 Å². The van der Waals surface area contributed by atoms with Gasteiger partial charge in [-0.2, -0.15) is 0 Å². The summed E-state index contributed by atoms with van der Waals surface area (Å²) in [6.07, 6.45) is 5.63. The van der Waals surface area contributed by atoms with Gasteiger partial charge in [0, 0.05) is 41.6 Å². The molecule has 2 N–H and O–H groups in total. The van der Waals surface area contributed by atoms with Gasteiger partial charge in [0.2, 0.25) is 5.91 Å². The predicted octanol–water partition coefficient (Wildman–Crippen LogP) is 3.94. The van der Waals surface area contributed by atoms with Crippen molar-refractivity contribution in [2.45, 2.75) is 43.9 Å². The maximum atomic E-state index is 12.4. The molecular weight excluding hydrogens is 371 g/mol. The van der Waals surface area contributed by atoms with Crippen molar-refractivity contribution in [3.8, 4) is 0 Å². The molecule has 0 spiro atoms. The van der Waals surface area contributed by atoms with E-state index in [0.717, 1.165) is 37.9 Å². The van der Waals surface area contributed by atoms with Crippen molar-refractivity contribution in [1.82, 2.24) is 10.6 Å². The van der Waals surface area contributed by atoms with E-state index in [1.807, 2.05) is 12.1 Å². The van der Waals surface area contributed by atoms with Crippen LogP contribution >= 0.6 is 23.2 Å². The van der Waals surface area contributed by atoms with E-state index in [-0.39, 0.29) is 11.3 Å². The lowest BCUT2D eigenvalue weighted by Gasteiger charge is -2.38. The van der Waals surface area contributed by atoms with Crippen LogP contribution in [0.25, 0.3) is 0 Å². The lowest BCUT2D eigenvalue weighted by atomic mass is 9.74. The molecule has 1 aromatic rings. The van der Waals surface area contributed by atoms with Gasteiger partial charge in [0.05, 0.1) is 0 Å². The molecule has 2 aliphatic rings. The van der Waals surface area contributed by atoms with E-state index < -0.39 is 0 Å². The third-order valence-electron chi connectivity index (χ3n) is 5.81. The van der Waals surface area contributed by atoms with Crippen LogP contribution in [0.15, 0.2) is 18.2 Å². The fourth-order valence-electron chi connectivity index (χ4n) is 4.08. The average molecular weight is 399 g/mol. The number of piperidine rings is 1. The summed E-state index contributed by atoms with van der Waals surface area (Å²) in [4.78, 5) is 12.4. The Kier molecular flexibility index (Phi) is 7.21. The van der Waals surface area contributed by atoms with Gasteiger partial charge in [-0.25, -0.2) is 0 Å². The zero-order valence-electron chi connectivity index (χ0n) is 15.2. The molecule has 6 heteroatoms. The first-order valence-corrected chi connectivity index (χ1v) is 10.4. The Labute approximate surface area is 166 Å². The van der Waals surface area contributed by atoms with E-state index in [2.05, 4.69) is 10.6 Å². The normalized spacial score (nSPS) is 20.7. The predicted molar refractivity (Wildman–Crippen MR) is 106 cm³/mol. The van der Waals surface area contributed by atoms with E-state index in [1.54, 1.807) is 6.07 Å². The number of carbonyl (C=O) groups excluding carboxylic acids is 1. The Morgan fingerprint density at radius 2 is 1.96 bits per heavy atom. The number of amides is 1. The highest BCUT2D eigenvalue weighted by Crippen LogP contribution is 2.39. The fraction of sp³-hybridized carbons (Fsp3) is 0.650. The SMILES string of the molecule is O=C(CCC1CCNCC1)NCC1(c2ccc(Cl)cc2Cl)CCOCC1. The first-order chi connectivity index (χ1) is 12.6. The van der Waals surface area contributed by atoms with E-state index in [9.17, 15) is 4.79 Å². The fourth-order valence-corrected chi connectivity index (χ4v) is 4.69. The summed E-state index contributed by atoms with van der Waals surface area (Å²) in [7, 11) is 0. The van der Waals surface area contributed by atoms with Crippen LogP contribution in [0, 0.1) is 5.92 Å². The van der Waals surface area contributed by atoms with Crippen molar-refractivity contribution >= 4 is 29.1 Å². The minimum atomic E-state index is -0.176. The molecule has 1 aromatic carbocycles. The first kappa shape index (κ1) is 19.9. The molecule has 0 aromatic heterocycles. The highest BCUT2D eigenvalue weighted by molar-refractivity contribution is 6.35. The monoisotopic (exact) mass is 398 g/mol. The molecule has 0 unspecified atom stereocenters. The summed E-state index contributed by atoms with van der Waals surface area (Å²) < 4.78 is 5.56. The molecule has 2 aliphatic heterocycles. The Morgan fingerprint density at radius 3 is 2.65 bits per heavy atom. The van der Waals surface area contributed by atoms with Crippen LogP contribution in [0.5, 0.6) is 0 Å². The molecule has 1 amide bonds. The number of hydrogen-bond acceptors (Lipinski definition) is 3. The van der Waals surface area contributed by atoms with Crippen LogP contribution in [0.4, 0.5) is 0 Å². The average Bonchev–Trinajstić information content (AvgIpc) is 2.66. The zero-order chi connectivity index (χ0) is 18.4. The van der Waals surface area contributed by atoms with Crippen LogP contribution in [0.1, 0.15) is 44.1 Å². The molecule has 2 heterocycles. The highest BCUT2D eigenvalue weighted by atomic mass is 35.5. The minimum Gasteiger partial charge on any atom is -0.381 e. The van der Waals surface area contributed by atoms with Gasteiger partial charge in [0.25, 0.3) is 0 Å². The molecule has 4 nitrogen and oxygen atoms in total. The summed E-state index contributed by atoms with van der Waals surface area (Å²) in [5.41, 5.74) is 0.884. The molecular formula is C20H28Cl2N2O2. The number of ether oxygens (including phenoxy) is 1. The molecule has 26 heavy (non-hydrogen) atoms. The number of nitrogens with one attached hydrogen (secondary N) is 2. The van der Waals surface area contributed by atoms with Crippen LogP contribution in [0.2, 0.25) is 10.0 Å². The molecule has 0 radical (unpaired) electrons. The molecule has 3 rings (SSSR count). The molecule has 0 atom stereocenters. The topological polar surface area (TPSA) is 50.4 Å². The van der Waals surface area contributed by atoms with Crippen LogP contribution < -0.4 is 10.6 Å². The van der Waals surface area contributed by atoms with E-state index in [0.29, 0.717) is 42.1 Å². The molecule has 144 valence electrons. The molecule has 2 saturated heterocycles. The summed E-state index contributed by atoms with van der Waals surface area (Å²) >= 11 is 12.5. The summed E-state index contributed by atoms with van der Waals surface area (Å²) in [5, 5.41) is 7.84. The maximum Gasteiger partial charge on any atom is 0.220 e. The van der Waals surface area contributed by atoms with Gasteiger partial charge in [-0.3, -0.25) is 4.79 Å². The van der Waals surface area contributed by atoms with E-state index >= 15 is 0 Å². The van der Waals surface area contributed by atoms with Crippen LogP contribution in [0.3, 0.4) is 0 Å². The molecule has 0 aliphatic carbocycles. The van der Waals surface area contributed by atoms with Crippen molar-refractivity contribution in [2.24, 2.45) is 5.92 Å². The number of benzene rings is 1.